The predicted octanol–water partition coefficient (Wildman–Crippen LogP) is 5.30. The lowest BCUT2D eigenvalue weighted by atomic mass is 10.1. The van der Waals surface area contributed by atoms with Crippen LogP contribution in [0.5, 0.6) is 0 Å². The van der Waals surface area contributed by atoms with E-state index in [4.69, 9.17) is 4.42 Å². The molecule has 0 unspecified atom stereocenters. The zero-order chi connectivity index (χ0) is 17.9. The van der Waals surface area contributed by atoms with Gasteiger partial charge >= 0.3 is 0 Å². The van der Waals surface area contributed by atoms with Crippen molar-refractivity contribution in [1.29, 1.82) is 0 Å². The summed E-state index contributed by atoms with van der Waals surface area (Å²) in [5.41, 5.74) is 7.45. The van der Waals surface area contributed by atoms with E-state index in [2.05, 4.69) is 27.9 Å². The van der Waals surface area contributed by atoms with Gasteiger partial charge in [-0.05, 0) is 44.2 Å². The molecule has 3 aromatic rings. The molecule has 0 fully saturated rings. The molecule has 0 aliphatic heterocycles. The Balaban J connectivity index is 0.00000109. The Morgan fingerprint density at radius 2 is 1.64 bits per heavy atom. The van der Waals surface area contributed by atoms with Crippen molar-refractivity contribution in [3.8, 4) is 0 Å². The van der Waals surface area contributed by atoms with Gasteiger partial charge in [0, 0.05) is 13.0 Å². The summed E-state index contributed by atoms with van der Waals surface area (Å²) in [6.45, 7) is 0.973. The second-order valence-corrected chi connectivity index (χ2v) is 6.64. The van der Waals surface area contributed by atoms with Gasteiger partial charge < -0.3 is 14.9 Å². The molecule has 0 spiro atoms. The largest absolute Gasteiger partial charge is 0.454 e. The van der Waals surface area contributed by atoms with Crippen LogP contribution in [0.15, 0.2) is 52.9 Å². The number of rotatable bonds is 7. The smallest absolute Gasteiger partial charge is 0.151 e. The molecule has 4 nitrogen and oxygen atoms in total. The van der Waals surface area contributed by atoms with Crippen molar-refractivity contribution in [1.82, 2.24) is 3.96 Å². The molecular weight excluding hydrogens is 332 g/mol. The van der Waals surface area contributed by atoms with E-state index < -0.39 is 0 Å². The molecule has 0 amide bonds. The van der Waals surface area contributed by atoms with E-state index in [-0.39, 0.29) is 0 Å². The topological polar surface area (TPSA) is 61.2 Å². The first-order valence-electron chi connectivity index (χ1n) is 8.71. The minimum absolute atomic E-state index is 0.683. The van der Waals surface area contributed by atoms with Gasteiger partial charge in [0.15, 0.2) is 5.58 Å². The number of nitrogens with two attached hydrogens (primary N) is 1. The summed E-state index contributed by atoms with van der Waals surface area (Å²) < 4.78 is 9.55. The number of nitrogens with zero attached hydrogens (tertiary/aromatic N) is 1. The highest BCUT2D eigenvalue weighted by molar-refractivity contribution is 7.13. The number of para-hydroxylation sites is 3. The molecule has 134 valence electrons. The van der Waals surface area contributed by atoms with Crippen molar-refractivity contribution >= 4 is 39.2 Å². The number of aryl methyl sites for hydroxylation is 1. The summed E-state index contributed by atoms with van der Waals surface area (Å²) in [7, 11) is 1.50. The van der Waals surface area contributed by atoms with Gasteiger partial charge in [0.05, 0.1) is 10.2 Å². The normalized spacial score (nSPS) is 10.3. The van der Waals surface area contributed by atoms with Crippen LogP contribution in [-0.2, 0) is 11.3 Å². The highest BCUT2D eigenvalue weighted by atomic mass is 32.1. The fraction of sp³-hybridized carbons (Fsp3) is 0.350. The van der Waals surface area contributed by atoms with Crippen molar-refractivity contribution in [2.45, 2.75) is 38.6 Å². The number of hydrogen-bond donors (Lipinski definition) is 1. The van der Waals surface area contributed by atoms with E-state index in [9.17, 15) is 4.79 Å². The Labute approximate surface area is 152 Å². The number of carbonyl (C=O) groups is 1. The van der Waals surface area contributed by atoms with Crippen LogP contribution in [0, 0.1) is 0 Å². The maximum Gasteiger partial charge on any atom is 0.151 e. The molecular formula is C20H26N2O2S. The summed E-state index contributed by atoms with van der Waals surface area (Å²) in [5.74, 6) is 0. The number of aromatic nitrogens is 1. The predicted molar refractivity (Wildman–Crippen MR) is 106 cm³/mol. The van der Waals surface area contributed by atoms with Crippen molar-refractivity contribution in [2.24, 2.45) is 5.73 Å². The van der Waals surface area contributed by atoms with E-state index >= 15 is 0 Å². The average Bonchev–Trinajstić information content (AvgIpc) is 2.82. The van der Waals surface area contributed by atoms with Crippen LogP contribution in [0.3, 0.4) is 0 Å². The second-order valence-electron chi connectivity index (χ2n) is 5.58. The molecule has 0 aliphatic carbocycles. The second kappa shape index (κ2) is 10.7. The number of aldehydes is 1. The average molecular weight is 359 g/mol. The number of fused-ring (bicyclic) bond motifs is 2. The summed E-state index contributed by atoms with van der Waals surface area (Å²) >= 11 is 1.74. The third-order valence-corrected chi connectivity index (χ3v) is 4.98. The lowest BCUT2D eigenvalue weighted by Gasteiger charge is -2.06. The van der Waals surface area contributed by atoms with Gasteiger partial charge in [-0.1, -0.05) is 48.6 Å². The Bertz CT molecular complexity index is 830. The molecule has 5 heteroatoms. The minimum Gasteiger partial charge on any atom is -0.454 e. The van der Waals surface area contributed by atoms with Crippen LogP contribution in [0.2, 0.25) is 0 Å². The first-order chi connectivity index (χ1) is 12.4. The lowest BCUT2D eigenvalue weighted by molar-refractivity contribution is -0.107. The number of carbonyl (C=O) groups excluding carboxylic acids is 1. The first kappa shape index (κ1) is 19.2. The number of hydrogen-bond acceptors (Lipinski definition) is 4. The summed E-state index contributed by atoms with van der Waals surface area (Å²) in [6.07, 6.45) is 6.07. The highest BCUT2D eigenvalue weighted by Gasteiger charge is 2.03. The molecule has 0 saturated heterocycles. The van der Waals surface area contributed by atoms with E-state index in [0.29, 0.717) is 6.42 Å². The molecule has 1 heterocycles. The monoisotopic (exact) mass is 358 g/mol. The zero-order valence-corrected chi connectivity index (χ0v) is 15.5. The molecule has 1 aromatic heterocycles. The fourth-order valence-corrected chi connectivity index (χ4v) is 3.69. The van der Waals surface area contributed by atoms with Crippen LogP contribution < -0.4 is 5.73 Å². The standard InChI is InChI=1S/C19H21NO2S.CH5N/c21-15-9-3-1-2-8-14-20-16-10-4-5-11-17(16)22-18-12-6-7-13-19(18)23-20;1-2/h4-7,10-13,15H,1-3,8-9,14H2;2H2,1H3. The number of benzene rings is 2. The van der Waals surface area contributed by atoms with E-state index in [1.54, 1.807) is 11.5 Å². The van der Waals surface area contributed by atoms with Gasteiger partial charge in [0.25, 0.3) is 0 Å². The van der Waals surface area contributed by atoms with Crippen LogP contribution in [0.25, 0.3) is 21.4 Å². The van der Waals surface area contributed by atoms with Gasteiger partial charge in [0.1, 0.15) is 11.9 Å². The Morgan fingerprint density at radius 1 is 0.960 bits per heavy atom. The minimum atomic E-state index is 0.683. The number of unbranched alkanes of at least 4 members (excludes halogenated alkanes) is 4. The van der Waals surface area contributed by atoms with Crippen LogP contribution >= 0.6 is 11.5 Å². The zero-order valence-electron chi connectivity index (χ0n) is 14.7. The van der Waals surface area contributed by atoms with E-state index in [1.165, 1.54) is 7.05 Å². The first-order valence-corrected chi connectivity index (χ1v) is 9.48. The molecule has 2 N–H and O–H groups in total. The molecule has 0 bridgehead atoms. The third kappa shape index (κ3) is 5.44. The SMILES string of the molecule is CN.O=CCCCCCCn1sc2ccccc2oc2ccccc21. The van der Waals surface area contributed by atoms with Gasteiger partial charge in [-0.2, -0.15) is 0 Å². The van der Waals surface area contributed by atoms with Crippen molar-refractivity contribution < 1.29 is 9.21 Å². The summed E-state index contributed by atoms with van der Waals surface area (Å²) in [6, 6.07) is 16.4. The Kier molecular flexibility index (Phi) is 8.22. The molecule has 0 saturated carbocycles. The maximum atomic E-state index is 10.4. The van der Waals surface area contributed by atoms with E-state index in [0.717, 1.165) is 59.9 Å². The van der Waals surface area contributed by atoms with Crippen LogP contribution in [0.1, 0.15) is 32.1 Å². The van der Waals surface area contributed by atoms with Gasteiger partial charge in [0.2, 0.25) is 0 Å². The Morgan fingerprint density at radius 3 is 2.44 bits per heavy atom. The lowest BCUT2D eigenvalue weighted by Crippen LogP contribution is -1.95. The van der Waals surface area contributed by atoms with Gasteiger partial charge in [-0.3, -0.25) is 3.96 Å². The van der Waals surface area contributed by atoms with Gasteiger partial charge in [-0.25, -0.2) is 0 Å². The van der Waals surface area contributed by atoms with E-state index in [1.807, 2.05) is 30.3 Å². The summed E-state index contributed by atoms with van der Waals surface area (Å²) in [4.78, 5) is 10.4. The summed E-state index contributed by atoms with van der Waals surface area (Å²) in [5, 5.41) is 0. The van der Waals surface area contributed by atoms with Crippen molar-refractivity contribution in [2.75, 3.05) is 7.05 Å². The molecule has 0 aliphatic rings. The molecule has 25 heavy (non-hydrogen) atoms. The molecule has 0 radical (unpaired) electrons. The van der Waals surface area contributed by atoms with Crippen LogP contribution in [-0.4, -0.2) is 17.3 Å². The molecule has 2 aromatic carbocycles. The fourth-order valence-electron chi connectivity index (χ4n) is 2.65. The van der Waals surface area contributed by atoms with Crippen LogP contribution in [0.4, 0.5) is 0 Å². The Hall–Kier alpha value is -2.11. The van der Waals surface area contributed by atoms with Crippen molar-refractivity contribution in [3.63, 3.8) is 0 Å². The molecule has 0 atom stereocenters. The quantitative estimate of drug-likeness (QED) is 0.460. The third-order valence-electron chi connectivity index (χ3n) is 3.84. The maximum absolute atomic E-state index is 10.4. The van der Waals surface area contributed by atoms with Crippen molar-refractivity contribution in [3.05, 3.63) is 48.5 Å². The molecule has 3 rings (SSSR count). The highest BCUT2D eigenvalue weighted by Crippen LogP contribution is 2.24. The van der Waals surface area contributed by atoms with Gasteiger partial charge in [-0.15, -0.1) is 0 Å².